The first-order valence-electron chi connectivity index (χ1n) is 3.85. The van der Waals surface area contributed by atoms with Crippen molar-refractivity contribution >= 4 is 0 Å². The average Bonchev–Trinajstić information content (AvgIpc) is 2.03. The molecule has 1 rings (SSSR count). The van der Waals surface area contributed by atoms with Crippen molar-refractivity contribution in [2.24, 2.45) is 0 Å². The van der Waals surface area contributed by atoms with Crippen LogP contribution in [0.3, 0.4) is 0 Å². The van der Waals surface area contributed by atoms with E-state index >= 15 is 0 Å². The molecule has 0 unspecified atom stereocenters. The molecule has 0 aromatic heterocycles. The van der Waals surface area contributed by atoms with Crippen LogP contribution in [-0.2, 0) is 0 Å². The van der Waals surface area contributed by atoms with E-state index in [0.717, 1.165) is 0 Å². The van der Waals surface area contributed by atoms with Gasteiger partial charge in [-0.05, 0) is 18.6 Å². The summed E-state index contributed by atoms with van der Waals surface area (Å²) in [6.45, 7) is 1.82. The van der Waals surface area contributed by atoms with Gasteiger partial charge in [0.2, 0.25) is 0 Å². The Hall–Kier alpha value is -1.22. The van der Waals surface area contributed by atoms with Crippen molar-refractivity contribution in [3.8, 4) is 11.5 Å². The molecule has 0 spiro atoms. The normalized spacial score (nSPS) is 12.8. The van der Waals surface area contributed by atoms with E-state index in [0.29, 0.717) is 12.0 Å². The fourth-order valence-electron chi connectivity index (χ4n) is 1.03. The predicted molar refractivity (Wildman–Crippen MR) is 45.0 cm³/mol. The van der Waals surface area contributed by atoms with Gasteiger partial charge in [-0.1, -0.05) is 6.92 Å². The first-order valence-corrected chi connectivity index (χ1v) is 3.85. The second-order valence-corrected chi connectivity index (χ2v) is 2.67. The van der Waals surface area contributed by atoms with Crippen molar-refractivity contribution in [2.75, 3.05) is 0 Å². The summed E-state index contributed by atoms with van der Waals surface area (Å²) in [4.78, 5) is 0. The molecule has 0 saturated heterocycles. The van der Waals surface area contributed by atoms with Crippen LogP contribution in [-0.4, -0.2) is 15.3 Å². The highest BCUT2D eigenvalue weighted by Gasteiger charge is 2.09. The van der Waals surface area contributed by atoms with Crippen molar-refractivity contribution in [1.82, 2.24) is 0 Å². The molecule has 0 fully saturated rings. The molecular weight excluding hydrogens is 156 g/mol. The lowest BCUT2D eigenvalue weighted by Crippen LogP contribution is -1.94. The summed E-state index contributed by atoms with van der Waals surface area (Å²) in [6.07, 6.45) is -0.121. The Morgan fingerprint density at radius 1 is 1.33 bits per heavy atom. The molecule has 0 saturated carbocycles. The predicted octanol–water partition coefficient (Wildman–Crippen LogP) is 1.54. The average molecular weight is 168 g/mol. The summed E-state index contributed by atoms with van der Waals surface area (Å²) in [5.41, 5.74) is 0.454. The number of aliphatic hydroxyl groups is 1. The van der Waals surface area contributed by atoms with Crippen LogP contribution in [0.1, 0.15) is 25.0 Å². The molecule has 1 atom stereocenters. The van der Waals surface area contributed by atoms with E-state index in [1.807, 2.05) is 6.92 Å². The van der Waals surface area contributed by atoms with Crippen LogP contribution in [0, 0.1) is 0 Å². The Labute approximate surface area is 70.9 Å². The fraction of sp³-hybridized carbons (Fsp3) is 0.333. The molecule has 0 amide bonds. The summed E-state index contributed by atoms with van der Waals surface area (Å²) in [5, 5.41) is 27.6. The van der Waals surface area contributed by atoms with E-state index < -0.39 is 6.10 Å². The third kappa shape index (κ3) is 1.68. The molecule has 12 heavy (non-hydrogen) atoms. The van der Waals surface area contributed by atoms with Crippen LogP contribution in [0.5, 0.6) is 11.5 Å². The lowest BCUT2D eigenvalue weighted by Gasteiger charge is -2.09. The summed E-state index contributed by atoms with van der Waals surface area (Å²) in [6, 6.07) is 4.17. The molecule has 0 aliphatic rings. The molecule has 3 heteroatoms. The van der Waals surface area contributed by atoms with Gasteiger partial charge in [-0.25, -0.2) is 0 Å². The summed E-state index contributed by atoms with van der Waals surface area (Å²) >= 11 is 0. The number of aromatic hydroxyl groups is 2. The second kappa shape index (κ2) is 3.45. The molecular formula is C9H12O3. The van der Waals surface area contributed by atoms with Crippen LogP contribution in [0.4, 0.5) is 0 Å². The zero-order valence-electron chi connectivity index (χ0n) is 6.86. The molecule has 0 aliphatic carbocycles. The van der Waals surface area contributed by atoms with Crippen LogP contribution in [0.2, 0.25) is 0 Å². The van der Waals surface area contributed by atoms with E-state index in [2.05, 4.69) is 0 Å². The van der Waals surface area contributed by atoms with Crippen molar-refractivity contribution in [3.05, 3.63) is 23.8 Å². The molecule has 0 heterocycles. The van der Waals surface area contributed by atoms with Crippen molar-refractivity contribution in [2.45, 2.75) is 19.4 Å². The van der Waals surface area contributed by atoms with Gasteiger partial charge in [0, 0.05) is 11.6 Å². The largest absolute Gasteiger partial charge is 0.508 e. The highest BCUT2D eigenvalue weighted by Crippen LogP contribution is 2.29. The molecule has 66 valence electrons. The summed E-state index contributed by atoms with van der Waals surface area (Å²) in [5.74, 6) is -0.0658. The quantitative estimate of drug-likeness (QED) is 0.627. The summed E-state index contributed by atoms with van der Waals surface area (Å²) < 4.78 is 0. The Balaban J connectivity index is 3.01. The zero-order chi connectivity index (χ0) is 9.14. The zero-order valence-corrected chi connectivity index (χ0v) is 6.86. The second-order valence-electron chi connectivity index (χ2n) is 2.67. The molecule has 3 N–H and O–H groups in total. The van der Waals surface area contributed by atoms with Crippen LogP contribution in [0.15, 0.2) is 18.2 Å². The Morgan fingerprint density at radius 3 is 2.50 bits per heavy atom. The Bertz CT molecular complexity index is 270. The third-order valence-electron chi connectivity index (χ3n) is 1.76. The first-order chi connectivity index (χ1) is 5.65. The van der Waals surface area contributed by atoms with Gasteiger partial charge in [0.15, 0.2) is 0 Å². The van der Waals surface area contributed by atoms with Crippen LogP contribution < -0.4 is 0 Å². The topological polar surface area (TPSA) is 60.7 Å². The minimum absolute atomic E-state index is 0.000414. The molecule has 0 bridgehead atoms. The number of rotatable bonds is 2. The molecule has 0 aliphatic heterocycles. The maximum Gasteiger partial charge on any atom is 0.125 e. The number of aliphatic hydroxyl groups excluding tert-OH is 1. The molecule has 3 nitrogen and oxygen atoms in total. The van der Waals surface area contributed by atoms with Gasteiger partial charge in [-0.3, -0.25) is 0 Å². The third-order valence-corrected chi connectivity index (χ3v) is 1.76. The van der Waals surface area contributed by atoms with Crippen molar-refractivity contribution in [1.29, 1.82) is 0 Å². The highest BCUT2D eigenvalue weighted by atomic mass is 16.3. The molecule has 1 aromatic rings. The van der Waals surface area contributed by atoms with Gasteiger partial charge in [0.05, 0.1) is 6.10 Å². The summed E-state index contributed by atoms with van der Waals surface area (Å²) in [7, 11) is 0. The lowest BCUT2D eigenvalue weighted by atomic mass is 10.1. The first kappa shape index (κ1) is 8.87. The standard InChI is InChI=1S/C9H12O3/c1-2-8(11)7-4-3-6(10)5-9(7)12/h3-5,8,10-12H,2H2,1H3/t8-/m0/s1. The SMILES string of the molecule is CC[C@H](O)c1ccc(O)cc1O. The minimum Gasteiger partial charge on any atom is -0.508 e. The number of hydrogen-bond acceptors (Lipinski definition) is 3. The molecule has 1 aromatic carbocycles. The van der Waals surface area contributed by atoms with Gasteiger partial charge in [-0.15, -0.1) is 0 Å². The van der Waals surface area contributed by atoms with E-state index in [4.69, 9.17) is 5.11 Å². The monoisotopic (exact) mass is 168 g/mol. The van der Waals surface area contributed by atoms with E-state index in [9.17, 15) is 10.2 Å². The van der Waals surface area contributed by atoms with Gasteiger partial charge in [-0.2, -0.15) is 0 Å². The Kier molecular flexibility index (Phi) is 2.55. The fourth-order valence-corrected chi connectivity index (χ4v) is 1.03. The maximum absolute atomic E-state index is 9.36. The number of phenolic OH excluding ortho intramolecular Hbond substituents is 2. The van der Waals surface area contributed by atoms with Crippen molar-refractivity contribution in [3.63, 3.8) is 0 Å². The van der Waals surface area contributed by atoms with E-state index in [-0.39, 0.29) is 11.5 Å². The van der Waals surface area contributed by atoms with Gasteiger partial charge in [0.1, 0.15) is 11.5 Å². The number of benzene rings is 1. The highest BCUT2D eigenvalue weighted by molar-refractivity contribution is 5.40. The van der Waals surface area contributed by atoms with E-state index in [1.54, 1.807) is 0 Å². The van der Waals surface area contributed by atoms with Crippen LogP contribution in [0.25, 0.3) is 0 Å². The smallest absolute Gasteiger partial charge is 0.125 e. The number of phenols is 2. The Morgan fingerprint density at radius 2 is 2.00 bits per heavy atom. The minimum atomic E-state index is -0.661. The van der Waals surface area contributed by atoms with Gasteiger partial charge < -0.3 is 15.3 Å². The van der Waals surface area contributed by atoms with Gasteiger partial charge in [0.25, 0.3) is 0 Å². The number of hydrogen-bond donors (Lipinski definition) is 3. The maximum atomic E-state index is 9.36. The lowest BCUT2D eigenvalue weighted by molar-refractivity contribution is 0.169. The van der Waals surface area contributed by atoms with Crippen LogP contribution >= 0.6 is 0 Å². The van der Waals surface area contributed by atoms with Gasteiger partial charge >= 0.3 is 0 Å². The molecule has 0 radical (unpaired) electrons. The van der Waals surface area contributed by atoms with Crippen molar-refractivity contribution < 1.29 is 15.3 Å². The van der Waals surface area contributed by atoms with E-state index in [1.165, 1.54) is 18.2 Å².